The van der Waals surface area contributed by atoms with Gasteiger partial charge >= 0.3 is 0 Å². The van der Waals surface area contributed by atoms with Crippen LogP contribution in [0.15, 0.2) is 24.3 Å². The van der Waals surface area contributed by atoms with Gasteiger partial charge in [-0.05, 0) is 38.9 Å². The van der Waals surface area contributed by atoms with Crippen LogP contribution in [0, 0.1) is 0 Å². The lowest BCUT2D eigenvalue weighted by atomic mass is 10.1. The average Bonchev–Trinajstić information content (AvgIpc) is 2.47. The SMILES string of the molecule is CCOc1ccccc1CNCCN1CCCCC1. The van der Waals surface area contributed by atoms with Crippen LogP contribution in [-0.4, -0.2) is 37.7 Å². The second-order valence-electron chi connectivity index (χ2n) is 5.12. The zero-order chi connectivity index (χ0) is 13.3. The van der Waals surface area contributed by atoms with Crippen LogP contribution >= 0.6 is 0 Å². The zero-order valence-electron chi connectivity index (χ0n) is 12.0. The first-order valence-corrected chi connectivity index (χ1v) is 7.54. The third kappa shape index (κ3) is 4.84. The van der Waals surface area contributed by atoms with Gasteiger partial charge in [-0.15, -0.1) is 0 Å². The predicted molar refractivity (Wildman–Crippen MR) is 79.6 cm³/mol. The van der Waals surface area contributed by atoms with Gasteiger partial charge in [0.2, 0.25) is 0 Å². The third-order valence-corrected chi connectivity index (χ3v) is 3.64. The van der Waals surface area contributed by atoms with E-state index in [2.05, 4.69) is 22.3 Å². The zero-order valence-corrected chi connectivity index (χ0v) is 12.0. The first-order chi connectivity index (χ1) is 9.40. The second kappa shape index (κ2) is 8.18. The van der Waals surface area contributed by atoms with Crippen molar-refractivity contribution in [3.63, 3.8) is 0 Å². The van der Waals surface area contributed by atoms with Crippen LogP contribution in [0.3, 0.4) is 0 Å². The van der Waals surface area contributed by atoms with Gasteiger partial charge in [0, 0.05) is 25.2 Å². The lowest BCUT2D eigenvalue weighted by molar-refractivity contribution is 0.229. The Balaban J connectivity index is 1.70. The van der Waals surface area contributed by atoms with Crippen molar-refractivity contribution in [3.05, 3.63) is 29.8 Å². The maximum Gasteiger partial charge on any atom is 0.123 e. The highest BCUT2D eigenvalue weighted by molar-refractivity contribution is 5.33. The minimum atomic E-state index is 0.727. The molecule has 2 rings (SSSR count). The summed E-state index contributed by atoms with van der Waals surface area (Å²) in [5.41, 5.74) is 1.25. The van der Waals surface area contributed by atoms with Crippen molar-refractivity contribution in [3.8, 4) is 5.75 Å². The van der Waals surface area contributed by atoms with Gasteiger partial charge in [-0.3, -0.25) is 0 Å². The Hall–Kier alpha value is -1.06. The number of rotatable bonds is 7. The van der Waals surface area contributed by atoms with E-state index in [0.29, 0.717) is 0 Å². The van der Waals surface area contributed by atoms with Crippen LogP contribution in [0.5, 0.6) is 5.75 Å². The monoisotopic (exact) mass is 262 g/mol. The van der Waals surface area contributed by atoms with Crippen molar-refractivity contribution in [1.29, 1.82) is 0 Å². The van der Waals surface area contributed by atoms with Crippen molar-refractivity contribution in [2.45, 2.75) is 32.7 Å². The number of para-hydroxylation sites is 1. The van der Waals surface area contributed by atoms with Gasteiger partial charge in [0.1, 0.15) is 5.75 Å². The molecule has 1 aliphatic heterocycles. The molecule has 1 heterocycles. The molecule has 1 aromatic rings. The molecule has 19 heavy (non-hydrogen) atoms. The summed E-state index contributed by atoms with van der Waals surface area (Å²) in [7, 11) is 0. The third-order valence-electron chi connectivity index (χ3n) is 3.64. The molecule has 0 atom stereocenters. The molecule has 0 aromatic heterocycles. The smallest absolute Gasteiger partial charge is 0.123 e. The van der Waals surface area contributed by atoms with Crippen LogP contribution in [-0.2, 0) is 6.54 Å². The van der Waals surface area contributed by atoms with E-state index >= 15 is 0 Å². The summed E-state index contributed by atoms with van der Waals surface area (Å²) in [5.74, 6) is 1.01. The number of hydrogen-bond donors (Lipinski definition) is 1. The largest absolute Gasteiger partial charge is 0.494 e. The summed E-state index contributed by atoms with van der Waals surface area (Å²) in [6.45, 7) is 8.42. The van der Waals surface area contributed by atoms with E-state index < -0.39 is 0 Å². The normalized spacial score (nSPS) is 16.5. The molecule has 0 bridgehead atoms. The highest BCUT2D eigenvalue weighted by Gasteiger charge is 2.09. The molecule has 0 radical (unpaired) electrons. The number of benzene rings is 1. The molecule has 3 heteroatoms. The minimum absolute atomic E-state index is 0.727. The Labute approximate surface area is 116 Å². The molecule has 0 unspecified atom stereocenters. The molecule has 0 spiro atoms. The number of likely N-dealkylation sites (tertiary alicyclic amines) is 1. The van der Waals surface area contributed by atoms with Crippen LogP contribution in [0.2, 0.25) is 0 Å². The van der Waals surface area contributed by atoms with Crippen molar-refractivity contribution in [1.82, 2.24) is 10.2 Å². The van der Waals surface area contributed by atoms with E-state index in [1.54, 1.807) is 0 Å². The van der Waals surface area contributed by atoms with Gasteiger partial charge in [0.15, 0.2) is 0 Å². The van der Waals surface area contributed by atoms with Gasteiger partial charge in [0.25, 0.3) is 0 Å². The molecule has 0 aliphatic carbocycles. The molecule has 1 saturated heterocycles. The molecule has 0 saturated carbocycles. The van der Waals surface area contributed by atoms with Gasteiger partial charge in [-0.25, -0.2) is 0 Å². The van der Waals surface area contributed by atoms with Crippen LogP contribution in [0.25, 0.3) is 0 Å². The van der Waals surface area contributed by atoms with Crippen LogP contribution in [0.1, 0.15) is 31.7 Å². The van der Waals surface area contributed by atoms with Crippen molar-refractivity contribution >= 4 is 0 Å². The number of nitrogens with zero attached hydrogens (tertiary/aromatic N) is 1. The van der Waals surface area contributed by atoms with Crippen molar-refractivity contribution in [2.75, 3.05) is 32.8 Å². The highest BCUT2D eigenvalue weighted by Crippen LogP contribution is 2.17. The van der Waals surface area contributed by atoms with E-state index in [0.717, 1.165) is 32.0 Å². The number of hydrogen-bond acceptors (Lipinski definition) is 3. The first kappa shape index (κ1) is 14.4. The lowest BCUT2D eigenvalue weighted by Gasteiger charge is -2.26. The van der Waals surface area contributed by atoms with Crippen LogP contribution in [0.4, 0.5) is 0 Å². The summed E-state index contributed by atoms with van der Waals surface area (Å²) in [5, 5.41) is 3.53. The van der Waals surface area contributed by atoms with E-state index in [9.17, 15) is 0 Å². The fraction of sp³-hybridized carbons (Fsp3) is 0.625. The fourth-order valence-electron chi connectivity index (χ4n) is 2.59. The van der Waals surface area contributed by atoms with Crippen LogP contribution < -0.4 is 10.1 Å². The molecular formula is C16H26N2O. The quantitative estimate of drug-likeness (QED) is 0.765. The second-order valence-corrected chi connectivity index (χ2v) is 5.12. The molecule has 3 nitrogen and oxygen atoms in total. The van der Waals surface area contributed by atoms with E-state index in [-0.39, 0.29) is 0 Å². The Morgan fingerprint density at radius 2 is 1.95 bits per heavy atom. The Morgan fingerprint density at radius 1 is 1.16 bits per heavy atom. The molecule has 0 amide bonds. The lowest BCUT2D eigenvalue weighted by Crippen LogP contribution is -2.35. The summed E-state index contributed by atoms with van der Waals surface area (Å²) in [6.07, 6.45) is 4.14. The Kier molecular flexibility index (Phi) is 6.18. The number of piperidine rings is 1. The molecule has 106 valence electrons. The minimum Gasteiger partial charge on any atom is -0.494 e. The maximum atomic E-state index is 5.63. The summed E-state index contributed by atoms with van der Waals surface area (Å²) >= 11 is 0. The summed E-state index contributed by atoms with van der Waals surface area (Å²) in [6, 6.07) is 8.29. The van der Waals surface area contributed by atoms with E-state index in [1.807, 2.05) is 19.1 Å². The van der Waals surface area contributed by atoms with Gasteiger partial charge < -0.3 is 15.0 Å². The summed E-state index contributed by atoms with van der Waals surface area (Å²) in [4.78, 5) is 2.56. The topological polar surface area (TPSA) is 24.5 Å². The fourth-order valence-corrected chi connectivity index (χ4v) is 2.59. The van der Waals surface area contributed by atoms with E-state index in [4.69, 9.17) is 4.74 Å². The molecule has 1 fully saturated rings. The first-order valence-electron chi connectivity index (χ1n) is 7.54. The highest BCUT2D eigenvalue weighted by atomic mass is 16.5. The average molecular weight is 262 g/mol. The standard InChI is InChI=1S/C16H26N2O/c1-2-19-16-9-5-4-8-15(16)14-17-10-13-18-11-6-3-7-12-18/h4-5,8-9,17H,2-3,6-7,10-14H2,1H3. The van der Waals surface area contributed by atoms with Gasteiger partial charge in [-0.1, -0.05) is 24.6 Å². The number of ether oxygens (including phenoxy) is 1. The molecule has 1 aliphatic rings. The van der Waals surface area contributed by atoms with Gasteiger partial charge in [-0.2, -0.15) is 0 Å². The predicted octanol–water partition coefficient (Wildman–Crippen LogP) is 2.66. The maximum absolute atomic E-state index is 5.63. The van der Waals surface area contributed by atoms with Gasteiger partial charge in [0.05, 0.1) is 6.61 Å². The molecule has 1 aromatic carbocycles. The van der Waals surface area contributed by atoms with Crippen molar-refractivity contribution < 1.29 is 4.74 Å². The Bertz CT molecular complexity index is 362. The Morgan fingerprint density at radius 3 is 2.74 bits per heavy atom. The van der Waals surface area contributed by atoms with Crippen molar-refractivity contribution in [2.24, 2.45) is 0 Å². The van der Waals surface area contributed by atoms with E-state index in [1.165, 1.54) is 37.9 Å². The molecule has 1 N–H and O–H groups in total. The summed E-state index contributed by atoms with van der Waals surface area (Å²) < 4.78 is 5.63. The molecular weight excluding hydrogens is 236 g/mol. The number of nitrogens with one attached hydrogen (secondary N) is 1.